The van der Waals surface area contributed by atoms with Crippen LogP contribution in [0.25, 0.3) is 11.0 Å². The third kappa shape index (κ3) is 1.42. The standard InChI is InChI=1S/C11H12ClN3O/c12-7-2-1-3-8-9(7)15-10(14-8)11(13)4-5-16-6-11/h1-3H,4-6,13H2,(H,14,15). The number of H-pyrrole nitrogens is 1. The Balaban J connectivity index is 2.15. The van der Waals surface area contributed by atoms with Crippen LogP contribution >= 0.6 is 11.6 Å². The molecule has 1 atom stereocenters. The van der Waals surface area contributed by atoms with E-state index in [0.717, 1.165) is 23.3 Å². The molecule has 1 aliphatic heterocycles. The van der Waals surface area contributed by atoms with Crippen LogP contribution in [0.2, 0.25) is 5.02 Å². The van der Waals surface area contributed by atoms with Crippen LogP contribution < -0.4 is 5.73 Å². The van der Waals surface area contributed by atoms with Crippen molar-refractivity contribution in [3.8, 4) is 0 Å². The van der Waals surface area contributed by atoms with Crippen LogP contribution in [0.3, 0.4) is 0 Å². The number of para-hydroxylation sites is 1. The number of hydrogen-bond donors (Lipinski definition) is 2. The summed E-state index contributed by atoms with van der Waals surface area (Å²) in [4.78, 5) is 7.69. The number of imidazole rings is 1. The second kappa shape index (κ2) is 3.45. The summed E-state index contributed by atoms with van der Waals surface area (Å²) in [6.07, 6.45) is 0.782. The molecule has 5 heteroatoms. The molecule has 2 aromatic rings. The Bertz CT molecular complexity index is 531. The molecule has 84 valence electrons. The maximum absolute atomic E-state index is 6.23. The molecular formula is C11H12ClN3O. The molecule has 3 N–H and O–H groups in total. The number of aromatic amines is 1. The van der Waals surface area contributed by atoms with Crippen LogP contribution in [0.5, 0.6) is 0 Å². The highest BCUT2D eigenvalue weighted by Gasteiger charge is 2.35. The highest BCUT2D eigenvalue weighted by Crippen LogP contribution is 2.29. The van der Waals surface area contributed by atoms with Gasteiger partial charge in [-0.3, -0.25) is 0 Å². The van der Waals surface area contributed by atoms with Crippen molar-refractivity contribution in [3.05, 3.63) is 29.0 Å². The zero-order valence-corrected chi connectivity index (χ0v) is 9.42. The number of nitrogens with one attached hydrogen (secondary N) is 1. The van der Waals surface area contributed by atoms with Gasteiger partial charge in [0, 0.05) is 6.61 Å². The van der Waals surface area contributed by atoms with Crippen molar-refractivity contribution in [1.29, 1.82) is 0 Å². The van der Waals surface area contributed by atoms with Crippen LogP contribution in [-0.4, -0.2) is 23.2 Å². The first kappa shape index (κ1) is 10.1. The summed E-state index contributed by atoms with van der Waals surface area (Å²) < 4.78 is 5.32. The van der Waals surface area contributed by atoms with E-state index < -0.39 is 5.54 Å². The average molecular weight is 238 g/mol. The van der Waals surface area contributed by atoms with Crippen LogP contribution in [0, 0.1) is 0 Å². The lowest BCUT2D eigenvalue weighted by Crippen LogP contribution is -2.38. The Hall–Kier alpha value is -1.10. The number of rotatable bonds is 1. The second-order valence-electron chi connectivity index (χ2n) is 4.18. The van der Waals surface area contributed by atoms with E-state index in [4.69, 9.17) is 22.1 Å². The molecule has 1 saturated heterocycles. The van der Waals surface area contributed by atoms with Gasteiger partial charge in [0.1, 0.15) is 16.9 Å². The minimum Gasteiger partial charge on any atom is -0.379 e. The highest BCUT2D eigenvalue weighted by atomic mass is 35.5. The lowest BCUT2D eigenvalue weighted by atomic mass is 10.00. The van der Waals surface area contributed by atoms with E-state index in [1.54, 1.807) is 0 Å². The first-order valence-corrected chi connectivity index (χ1v) is 5.58. The van der Waals surface area contributed by atoms with Crippen LogP contribution in [-0.2, 0) is 10.3 Å². The van der Waals surface area contributed by atoms with Gasteiger partial charge in [-0.1, -0.05) is 17.7 Å². The molecular weight excluding hydrogens is 226 g/mol. The number of ether oxygens (including phenoxy) is 1. The summed E-state index contributed by atoms with van der Waals surface area (Å²) in [5, 5.41) is 0.641. The number of nitrogens with zero attached hydrogens (tertiary/aromatic N) is 1. The SMILES string of the molecule is NC1(c2nc3c(Cl)cccc3[nH]2)CCOC1. The van der Waals surface area contributed by atoms with Gasteiger partial charge in [-0.05, 0) is 18.6 Å². The average Bonchev–Trinajstić information content (AvgIpc) is 2.85. The molecule has 0 amide bonds. The van der Waals surface area contributed by atoms with Crippen LogP contribution in [0.15, 0.2) is 18.2 Å². The van der Waals surface area contributed by atoms with Crippen molar-refractivity contribution >= 4 is 22.6 Å². The van der Waals surface area contributed by atoms with Gasteiger partial charge >= 0.3 is 0 Å². The lowest BCUT2D eigenvalue weighted by Gasteiger charge is -2.17. The van der Waals surface area contributed by atoms with E-state index >= 15 is 0 Å². The maximum Gasteiger partial charge on any atom is 0.129 e. The third-order valence-corrected chi connectivity index (χ3v) is 3.29. The number of benzene rings is 1. The number of fused-ring (bicyclic) bond motifs is 1. The molecule has 2 heterocycles. The van der Waals surface area contributed by atoms with E-state index in [1.165, 1.54) is 0 Å². The van der Waals surface area contributed by atoms with E-state index in [2.05, 4.69) is 9.97 Å². The first-order chi connectivity index (χ1) is 7.69. The van der Waals surface area contributed by atoms with Crippen molar-refractivity contribution in [2.75, 3.05) is 13.2 Å². The fraction of sp³-hybridized carbons (Fsp3) is 0.364. The van der Waals surface area contributed by atoms with Gasteiger partial charge < -0.3 is 15.5 Å². The minimum atomic E-state index is -0.498. The molecule has 0 spiro atoms. The highest BCUT2D eigenvalue weighted by molar-refractivity contribution is 6.34. The predicted molar refractivity (Wildman–Crippen MR) is 62.4 cm³/mol. The Labute approximate surface area is 97.8 Å². The van der Waals surface area contributed by atoms with Crippen molar-refractivity contribution in [1.82, 2.24) is 9.97 Å². The van der Waals surface area contributed by atoms with Gasteiger partial charge in [0.15, 0.2) is 0 Å². The van der Waals surface area contributed by atoms with E-state index in [1.807, 2.05) is 18.2 Å². The van der Waals surface area contributed by atoms with Gasteiger partial charge in [-0.15, -0.1) is 0 Å². The lowest BCUT2D eigenvalue weighted by molar-refractivity contribution is 0.176. The van der Waals surface area contributed by atoms with Crippen molar-refractivity contribution < 1.29 is 4.74 Å². The van der Waals surface area contributed by atoms with E-state index in [-0.39, 0.29) is 0 Å². The fourth-order valence-electron chi connectivity index (χ4n) is 2.00. The molecule has 0 aliphatic carbocycles. The van der Waals surface area contributed by atoms with Gasteiger partial charge in [0.2, 0.25) is 0 Å². The van der Waals surface area contributed by atoms with Gasteiger partial charge in [0.25, 0.3) is 0 Å². The Kier molecular flexibility index (Phi) is 2.17. The number of hydrogen-bond acceptors (Lipinski definition) is 3. The second-order valence-corrected chi connectivity index (χ2v) is 4.59. The zero-order chi connectivity index (χ0) is 11.2. The summed E-state index contributed by atoms with van der Waals surface area (Å²) >= 11 is 6.07. The molecule has 1 aromatic heterocycles. The summed E-state index contributed by atoms with van der Waals surface area (Å²) in [5.41, 5.74) is 7.42. The van der Waals surface area contributed by atoms with Crippen molar-refractivity contribution in [3.63, 3.8) is 0 Å². The molecule has 4 nitrogen and oxygen atoms in total. The monoisotopic (exact) mass is 237 g/mol. The summed E-state index contributed by atoms with van der Waals surface area (Å²) in [5.74, 6) is 0.758. The summed E-state index contributed by atoms with van der Waals surface area (Å²) in [7, 11) is 0. The smallest absolute Gasteiger partial charge is 0.129 e. The van der Waals surface area contributed by atoms with Crippen LogP contribution in [0.1, 0.15) is 12.2 Å². The summed E-state index contributed by atoms with van der Waals surface area (Å²) in [6, 6.07) is 5.65. The number of halogens is 1. The van der Waals surface area contributed by atoms with Crippen molar-refractivity contribution in [2.24, 2.45) is 5.73 Å². The molecule has 1 aromatic carbocycles. The predicted octanol–water partition coefficient (Wildman–Crippen LogP) is 1.79. The zero-order valence-electron chi connectivity index (χ0n) is 8.66. The quantitative estimate of drug-likeness (QED) is 0.795. The first-order valence-electron chi connectivity index (χ1n) is 5.20. The molecule has 1 aliphatic rings. The number of nitrogens with two attached hydrogens (primary N) is 1. The molecule has 1 unspecified atom stereocenters. The Morgan fingerprint density at radius 1 is 1.50 bits per heavy atom. The normalized spacial score (nSPS) is 25.4. The molecule has 16 heavy (non-hydrogen) atoms. The van der Waals surface area contributed by atoms with Crippen molar-refractivity contribution in [2.45, 2.75) is 12.0 Å². The fourth-order valence-corrected chi connectivity index (χ4v) is 2.22. The molecule has 3 rings (SSSR count). The largest absolute Gasteiger partial charge is 0.379 e. The van der Waals surface area contributed by atoms with E-state index in [9.17, 15) is 0 Å². The molecule has 1 fully saturated rings. The summed E-state index contributed by atoms with van der Waals surface area (Å²) in [6.45, 7) is 1.19. The maximum atomic E-state index is 6.23. The van der Waals surface area contributed by atoms with Crippen LogP contribution in [0.4, 0.5) is 0 Å². The number of aromatic nitrogens is 2. The van der Waals surface area contributed by atoms with Gasteiger partial charge in [-0.25, -0.2) is 4.98 Å². The Morgan fingerprint density at radius 2 is 2.38 bits per heavy atom. The minimum absolute atomic E-state index is 0.498. The topological polar surface area (TPSA) is 63.9 Å². The molecule has 0 saturated carbocycles. The molecule has 0 radical (unpaired) electrons. The van der Waals surface area contributed by atoms with E-state index in [0.29, 0.717) is 18.2 Å². The molecule has 0 bridgehead atoms. The van der Waals surface area contributed by atoms with Gasteiger partial charge in [0.05, 0.1) is 17.1 Å². The van der Waals surface area contributed by atoms with Gasteiger partial charge in [-0.2, -0.15) is 0 Å². The Morgan fingerprint density at radius 3 is 3.06 bits per heavy atom. The third-order valence-electron chi connectivity index (χ3n) is 2.99.